The molecule has 1 fully saturated rings. The zero-order valence-electron chi connectivity index (χ0n) is 7.56. The summed E-state index contributed by atoms with van der Waals surface area (Å²) >= 11 is -1.73. The molecule has 1 unspecified atom stereocenters. The quantitative estimate of drug-likeness (QED) is 0.539. The lowest BCUT2D eigenvalue weighted by Crippen LogP contribution is -2.27. The van der Waals surface area contributed by atoms with Crippen LogP contribution in [0.5, 0.6) is 0 Å². The van der Waals surface area contributed by atoms with E-state index < -0.39 is 11.1 Å². The summed E-state index contributed by atoms with van der Waals surface area (Å²) in [6.45, 7) is 0. The smallest absolute Gasteiger partial charge is 0.308 e. The minimum absolute atomic E-state index is 0.0650. The van der Waals surface area contributed by atoms with Crippen LogP contribution in [0.4, 0.5) is 0 Å². The average molecular weight is 206 g/mol. The molecule has 5 heteroatoms. The fraction of sp³-hybridized carbons (Fsp3) is 0.875. The fourth-order valence-corrected chi connectivity index (χ4v) is 2.34. The largest absolute Gasteiger partial charge is 0.469 e. The molecule has 1 rings (SSSR count). The molecule has 0 aliphatic heterocycles. The van der Waals surface area contributed by atoms with Crippen LogP contribution in [0, 0.1) is 5.92 Å². The lowest BCUT2D eigenvalue weighted by atomic mass is 9.89. The summed E-state index contributed by atoms with van der Waals surface area (Å²) in [5, 5.41) is -0.152. The van der Waals surface area contributed by atoms with E-state index in [0.29, 0.717) is 25.7 Å². The second-order valence-corrected chi connectivity index (χ2v) is 4.49. The fourth-order valence-electron chi connectivity index (χ4n) is 1.67. The van der Waals surface area contributed by atoms with Crippen molar-refractivity contribution < 1.29 is 18.3 Å². The van der Waals surface area contributed by atoms with Gasteiger partial charge in [0.25, 0.3) is 0 Å². The molecule has 1 saturated carbocycles. The first-order chi connectivity index (χ1) is 6.15. The Balaban J connectivity index is 2.39. The van der Waals surface area contributed by atoms with E-state index in [2.05, 4.69) is 4.74 Å². The van der Waals surface area contributed by atoms with E-state index in [1.165, 1.54) is 7.11 Å². The van der Waals surface area contributed by atoms with E-state index in [4.69, 9.17) is 4.55 Å². The second kappa shape index (κ2) is 4.72. The van der Waals surface area contributed by atoms with Gasteiger partial charge in [-0.15, -0.1) is 0 Å². The van der Waals surface area contributed by atoms with Gasteiger partial charge in [0.2, 0.25) is 0 Å². The Morgan fingerprint density at radius 3 is 2.31 bits per heavy atom. The van der Waals surface area contributed by atoms with Gasteiger partial charge in [-0.1, -0.05) is 0 Å². The van der Waals surface area contributed by atoms with Crippen molar-refractivity contribution in [3.63, 3.8) is 0 Å². The van der Waals surface area contributed by atoms with Gasteiger partial charge in [-0.3, -0.25) is 4.79 Å². The summed E-state index contributed by atoms with van der Waals surface area (Å²) in [6.07, 6.45) is 2.62. The van der Waals surface area contributed by atoms with Crippen LogP contribution in [-0.4, -0.2) is 27.1 Å². The van der Waals surface area contributed by atoms with Crippen LogP contribution in [0.2, 0.25) is 0 Å². The van der Waals surface area contributed by atoms with Crippen molar-refractivity contribution in [2.75, 3.05) is 7.11 Å². The molecule has 1 atom stereocenters. The van der Waals surface area contributed by atoms with Gasteiger partial charge in [0.05, 0.1) is 18.3 Å². The Hall–Kier alpha value is -0.420. The Morgan fingerprint density at radius 2 is 1.92 bits per heavy atom. The number of ether oxygens (including phenoxy) is 1. The van der Waals surface area contributed by atoms with Gasteiger partial charge in [-0.2, -0.15) is 0 Å². The molecular formula is C8H14O4S. The summed E-state index contributed by atoms with van der Waals surface area (Å²) in [7, 11) is 1.37. The number of methoxy groups -OCH3 is 1. The first-order valence-electron chi connectivity index (χ1n) is 4.32. The van der Waals surface area contributed by atoms with Crippen LogP contribution in [0.1, 0.15) is 25.7 Å². The zero-order chi connectivity index (χ0) is 9.84. The van der Waals surface area contributed by atoms with E-state index >= 15 is 0 Å². The Kier molecular flexibility index (Phi) is 3.87. The van der Waals surface area contributed by atoms with Crippen LogP contribution in [-0.2, 0) is 20.6 Å². The van der Waals surface area contributed by atoms with E-state index in [9.17, 15) is 9.00 Å². The highest BCUT2D eigenvalue weighted by atomic mass is 32.2. The highest BCUT2D eigenvalue weighted by molar-refractivity contribution is 7.79. The third-order valence-corrected chi connectivity index (χ3v) is 3.54. The number of esters is 1. The van der Waals surface area contributed by atoms with Crippen LogP contribution >= 0.6 is 0 Å². The molecule has 1 aliphatic rings. The van der Waals surface area contributed by atoms with Gasteiger partial charge in [0.15, 0.2) is 11.1 Å². The van der Waals surface area contributed by atoms with Crippen LogP contribution < -0.4 is 0 Å². The molecule has 0 spiro atoms. The first kappa shape index (κ1) is 10.7. The number of carbonyl (C=O) groups excluding carboxylic acids is 1. The minimum atomic E-state index is -1.73. The molecule has 0 bridgehead atoms. The third-order valence-electron chi connectivity index (χ3n) is 2.49. The number of hydrogen-bond acceptors (Lipinski definition) is 3. The monoisotopic (exact) mass is 206 g/mol. The van der Waals surface area contributed by atoms with Crippen LogP contribution in [0.25, 0.3) is 0 Å². The van der Waals surface area contributed by atoms with E-state index in [1.807, 2.05) is 0 Å². The molecule has 4 nitrogen and oxygen atoms in total. The minimum Gasteiger partial charge on any atom is -0.469 e. The highest BCUT2D eigenvalue weighted by Gasteiger charge is 2.29. The van der Waals surface area contributed by atoms with Crippen molar-refractivity contribution in [1.29, 1.82) is 0 Å². The van der Waals surface area contributed by atoms with Crippen LogP contribution in [0.3, 0.4) is 0 Å². The Labute approximate surface area is 79.9 Å². The maximum atomic E-state index is 11.1. The van der Waals surface area contributed by atoms with E-state index in [1.54, 1.807) is 0 Å². The SMILES string of the molecule is COC(=O)C1CCC(S(=O)O)CC1. The topological polar surface area (TPSA) is 63.6 Å². The summed E-state index contributed by atoms with van der Waals surface area (Å²) in [5.74, 6) is -0.257. The zero-order valence-corrected chi connectivity index (χ0v) is 8.38. The van der Waals surface area contributed by atoms with Crippen molar-refractivity contribution >= 4 is 17.0 Å². The molecule has 13 heavy (non-hydrogen) atoms. The predicted octanol–water partition coefficient (Wildman–Crippen LogP) is 0.940. The number of rotatable bonds is 2. The van der Waals surface area contributed by atoms with Gasteiger partial charge in [-0.25, -0.2) is 4.21 Å². The van der Waals surface area contributed by atoms with E-state index in [-0.39, 0.29) is 17.1 Å². The van der Waals surface area contributed by atoms with Gasteiger partial charge in [-0.05, 0) is 25.7 Å². The normalized spacial score (nSPS) is 30.9. The average Bonchev–Trinajstić information content (AvgIpc) is 2.17. The molecule has 0 aromatic heterocycles. The van der Waals surface area contributed by atoms with Gasteiger partial charge in [0, 0.05) is 0 Å². The molecule has 1 aliphatic carbocycles. The molecular weight excluding hydrogens is 192 g/mol. The van der Waals surface area contributed by atoms with E-state index in [0.717, 1.165) is 0 Å². The predicted molar refractivity (Wildman–Crippen MR) is 48.5 cm³/mol. The van der Waals surface area contributed by atoms with Crippen molar-refractivity contribution in [2.24, 2.45) is 5.92 Å². The molecule has 1 N–H and O–H groups in total. The third kappa shape index (κ3) is 2.77. The second-order valence-electron chi connectivity index (χ2n) is 3.27. The molecule has 0 aromatic carbocycles. The van der Waals surface area contributed by atoms with Crippen LogP contribution in [0.15, 0.2) is 0 Å². The van der Waals surface area contributed by atoms with Gasteiger partial charge >= 0.3 is 5.97 Å². The summed E-state index contributed by atoms with van der Waals surface area (Å²) in [6, 6.07) is 0. The van der Waals surface area contributed by atoms with Crippen molar-refractivity contribution in [3.8, 4) is 0 Å². The lowest BCUT2D eigenvalue weighted by Gasteiger charge is -2.24. The maximum absolute atomic E-state index is 11.1. The molecule has 0 radical (unpaired) electrons. The Bertz CT molecular complexity index is 208. The van der Waals surface area contributed by atoms with Crippen molar-refractivity contribution in [1.82, 2.24) is 0 Å². The van der Waals surface area contributed by atoms with Gasteiger partial charge < -0.3 is 9.29 Å². The summed E-state index contributed by atoms with van der Waals surface area (Å²) in [4.78, 5) is 11.1. The summed E-state index contributed by atoms with van der Waals surface area (Å²) < 4.78 is 24.1. The first-order valence-corrected chi connectivity index (χ1v) is 5.49. The molecule has 0 amide bonds. The summed E-state index contributed by atoms with van der Waals surface area (Å²) in [5.41, 5.74) is 0. The Morgan fingerprint density at radius 1 is 1.38 bits per heavy atom. The number of hydrogen-bond donors (Lipinski definition) is 1. The molecule has 76 valence electrons. The molecule has 0 saturated heterocycles. The lowest BCUT2D eigenvalue weighted by molar-refractivity contribution is -0.146. The maximum Gasteiger partial charge on any atom is 0.308 e. The molecule has 0 aromatic rings. The highest BCUT2D eigenvalue weighted by Crippen LogP contribution is 2.27. The standard InChI is InChI=1S/C8H14O4S/c1-12-8(9)6-2-4-7(5-3-6)13(10)11/h6-7H,2-5H2,1H3,(H,10,11). The van der Waals surface area contributed by atoms with Crippen molar-refractivity contribution in [3.05, 3.63) is 0 Å². The number of carbonyl (C=O) groups is 1. The van der Waals surface area contributed by atoms with Gasteiger partial charge in [0.1, 0.15) is 0 Å². The molecule has 0 heterocycles. The van der Waals surface area contributed by atoms with Crippen molar-refractivity contribution in [2.45, 2.75) is 30.9 Å².